The SMILES string of the molecule is COc1ccc(-n2nnnc2CNCc2ccccc2)cc1. The van der Waals surface area contributed by atoms with Crippen LogP contribution in [0.3, 0.4) is 0 Å². The number of methoxy groups -OCH3 is 1. The number of benzene rings is 2. The maximum atomic E-state index is 5.16. The fourth-order valence-corrected chi connectivity index (χ4v) is 2.15. The first-order valence-electron chi connectivity index (χ1n) is 7.03. The summed E-state index contributed by atoms with van der Waals surface area (Å²) in [7, 11) is 1.64. The number of hydrogen-bond acceptors (Lipinski definition) is 5. The van der Waals surface area contributed by atoms with Crippen molar-refractivity contribution in [3.05, 3.63) is 66.0 Å². The lowest BCUT2D eigenvalue weighted by molar-refractivity contribution is 0.414. The minimum absolute atomic E-state index is 0.591. The van der Waals surface area contributed by atoms with Crippen molar-refractivity contribution in [2.45, 2.75) is 13.1 Å². The van der Waals surface area contributed by atoms with Crippen molar-refractivity contribution >= 4 is 0 Å². The van der Waals surface area contributed by atoms with Gasteiger partial charge in [0.1, 0.15) is 5.75 Å². The largest absolute Gasteiger partial charge is 0.497 e. The Balaban J connectivity index is 1.66. The molecule has 1 aromatic heterocycles. The number of nitrogens with one attached hydrogen (secondary N) is 1. The summed E-state index contributed by atoms with van der Waals surface area (Å²) in [6.07, 6.45) is 0. The molecule has 2 aromatic carbocycles. The summed E-state index contributed by atoms with van der Waals surface area (Å²) in [4.78, 5) is 0. The van der Waals surface area contributed by atoms with E-state index in [0.717, 1.165) is 23.8 Å². The molecule has 22 heavy (non-hydrogen) atoms. The molecule has 0 unspecified atom stereocenters. The smallest absolute Gasteiger partial charge is 0.170 e. The van der Waals surface area contributed by atoms with Gasteiger partial charge in [0.2, 0.25) is 0 Å². The lowest BCUT2D eigenvalue weighted by atomic mass is 10.2. The van der Waals surface area contributed by atoms with Crippen molar-refractivity contribution in [3.8, 4) is 11.4 Å². The van der Waals surface area contributed by atoms with Crippen molar-refractivity contribution < 1.29 is 4.74 Å². The van der Waals surface area contributed by atoms with Crippen LogP contribution in [0.4, 0.5) is 0 Å². The molecule has 0 bridgehead atoms. The number of aromatic nitrogens is 4. The van der Waals surface area contributed by atoms with Gasteiger partial charge in [-0.2, -0.15) is 4.68 Å². The van der Waals surface area contributed by atoms with Gasteiger partial charge < -0.3 is 10.1 Å². The van der Waals surface area contributed by atoms with E-state index < -0.39 is 0 Å². The highest BCUT2D eigenvalue weighted by Gasteiger charge is 2.08. The van der Waals surface area contributed by atoms with Crippen LogP contribution in [0.25, 0.3) is 5.69 Å². The topological polar surface area (TPSA) is 64.9 Å². The maximum Gasteiger partial charge on any atom is 0.170 e. The first-order chi connectivity index (χ1) is 10.9. The van der Waals surface area contributed by atoms with E-state index in [1.807, 2.05) is 42.5 Å². The van der Waals surface area contributed by atoms with Crippen molar-refractivity contribution in [2.24, 2.45) is 0 Å². The second kappa shape index (κ2) is 6.82. The van der Waals surface area contributed by atoms with Gasteiger partial charge in [0, 0.05) is 6.54 Å². The molecule has 0 aliphatic rings. The molecule has 3 rings (SSSR count). The van der Waals surface area contributed by atoms with E-state index in [-0.39, 0.29) is 0 Å². The molecule has 0 fully saturated rings. The van der Waals surface area contributed by atoms with Gasteiger partial charge in [-0.25, -0.2) is 0 Å². The highest BCUT2D eigenvalue weighted by molar-refractivity contribution is 5.36. The van der Waals surface area contributed by atoms with Crippen LogP contribution in [0.15, 0.2) is 54.6 Å². The molecule has 1 N–H and O–H groups in total. The molecule has 0 atom stereocenters. The fraction of sp³-hybridized carbons (Fsp3) is 0.188. The third kappa shape index (κ3) is 3.29. The van der Waals surface area contributed by atoms with Gasteiger partial charge in [-0.1, -0.05) is 30.3 Å². The first-order valence-corrected chi connectivity index (χ1v) is 7.03. The Morgan fingerprint density at radius 2 is 1.77 bits per heavy atom. The summed E-state index contributed by atoms with van der Waals surface area (Å²) in [5.41, 5.74) is 2.13. The Labute approximate surface area is 128 Å². The number of tetrazole rings is 1. The molecular weight excluding hydrogens is 278 g/mol. The molecule has 0 spiro atoms. The minimum Gasteiger partial charge on any atom is -0.497 e. The van der Waals surface area contributed by atoms with Gasteiger partial charge in [0.05, 0.1) is 19.3 Å². The molecule has 0 radical (unpaired) electrons. The van der Waals surface area contributed by atoms with Gasteiger partial charge in [0.25, 0.3) is 0 Å². The van der Waals surface area contributed by atoms with Gasteiger partial charge in [-0.15, -0.1) is 5.10 Å². The van der Waals surface area contributed by atoms with Gasteiger partial charge >= 0.3 is 0 Å². The van der Waals surface area contributed by atoms with Crippen LogP contribution in [-0.4, -0.2) is 27.3 Å². The number of hydrogen-bond donors (Lipinski definition) is 1. The third-order valence-electron chi connectivity index (χ3n) is 3.31. The normalized spacial score (nSPS) is 10.6. The van der Waals surface area contributed by atoms with Gasteiger partial charge in [0.15, 0.2) is 5.82 Å². The molecule has 0 amide bonds. The Morgan fingerprint density at radius 1 is 1.00 bits per heavy atom. The molecule has 3 aromatic rings. The predicted molar refractivity (Wildman–Crippen MR) is 82.7 cm³/mol. The third-order valence-corrected chi connectivity index (χ3v) is 3.31. The lowest BCUT2D eigenvalue weighted by Gasteiger charge is -2.07. The number of nitrogens with zero attached hydrogens (tertiary/aromatic N) is 4. The van der Waals surface area contributed by atoms with E-state index in [2.05, 4.69) is 33.0 Å². The monoisotopic (exact) mass is 295 g/mol. The molecule has 1 heterocycles. The highest BCUT2D eigenvalue weighted by Crippen LogP contribution is 2.14. The predicted octanol–water partition coefficient (Wildman–Crippen LogP) is 1.96. The lowest BCUT2D eigenvalue weighted by Crippen LogP contribution is -2.16. The van der Waals surface area contributed by atoms with Gasteiger partial charge in [-0.3, -0.25) is 0 Å². The summed E-state index contributed by atoms with van der Waals surface area (Å²) in [6, 6.07) is 17.9. The molecule has 6 heteroatoms. The zero-order valence-corrected chi connectivity index (χ0v) is 12.3. The molecule has 112 valence electrons. The molecule has 0 saturated heterocycles. The molecular formula is C16H17N5O. The Morgan fingerprint density at radius 3 is 2.50 bits per heavy atom. The minimum atomic E-state index is 0.591. The fourth-order valence-electron chi connectivity index (χ4n) is 2.15. The van der Waals surface area contributed by atoms with Crippen LogP contribution in [0.2, 0.25) is 0 Å². The number of ether oxygens (including phenoxy) is 1. The Hall–Kier alpha value is -2.73. The average Bonchev–Trinajstić information content (AvgIpc) is 3.04. The molecule has 0 aliphatic carbocycles. The van der Waals surface area contributed by atoms with E-state index in [0.29, 0.717) is 6.54 Å². The van der Waals surface area contributed by atoms with Crippen molar-refractivity contribution in [1.29, 1.82) is 0 Å². The van der Waals surface area contributed by atoms with Crippen molar-refractivity contribution in [2.75, 3.05) is 7.11 Å². The van der Waals surface area contributed by atoms with Crippen LogP contribution in [0.5, 0.6) is 5.75 Å². The first kappa shape index (κ1) is 14.2. The van der Waals surface area contributed by atoms with Gasteiger partial charge in [-0.05, 0) is 40.3 Å². The van der Waals surface area contributed by atoms with E-state index >= 15 is 0 Å². The quantitative estimate of drug-likeness (QED) is 0.753. The summed E-state index contributed by atoms with van der Waals surface area (Å²) in [6.45, 7) is 1.37. The van der Waals surface area contributed by atoms with E-state index in [1.165, 1.54) is 5.56 Å². The van der Waals surface area contributed by atoms with Crippen LogP contribution < -0.4 is 10.1 Å². The van der Waals surface area contributed by atoms with Crippen molar-refractivity contribution in [1.82, 2.24) is 25.5 Å². The standard InChI is InChI=1S/C16H17N5O/c1-22-15-9-7-14(8-10-15)21-16(18-19-20-21)12-17-11-13-5-3-2-4-6-13/h2-10,17H,11-12H2,1H3. The Kier molecular flexibility index (Phi) is 4.41. The van der Waals surface area contributed by atoms with Crippen LogP contribution in [0, 0.1) is 0 Å². The van der Waals surface area contributed by atoms with E-state index in [9.17, 15) is 0 Å². The molecule has 6 nitrogen and oxygen atoms in total. The average molecular weight is 295 g/mol. The Bertz CT molecular complexity index is 709. The summed E-state index contributed by atoms with van der Waals surface area (Å²) in [5, 5.41) is 15.2. The highest BCUT2D eigenvalue weighted by atomic mass is 16.5. The summed E-state index contributed by atoms with van der Waals surface area (Å²) in [5.74, 6) is 1.57. The summed E-state index contributed by atoms with van der Waals surface area (Å²) >= 11 is 0. The van der Waals surface area contributed by atoms with Crippen LogP contribution in [0.1, 0.15) is 11.4 Å². The van der Waals surface area contributed by atoms with Crippen LogP contribution in [-0.2, 0) is 13.1 Å². The molecule has 0 aliphatic heterocycles. The summed E-state index contributed by atoms with van der Waals surface area (Å²) < 4.78 is 6.88. The van der Waals surface area contributed by atoms with E-state index in [4.69, 9.17) is 4.74 Å². The number of rotatable bonds is 6. The van der Waals surface area contributed by atoms with E-state index in [1.54, 1.807) is 11.8 Å². The zero-order valence-electron chi connectivity index (χ0n) is 12.3. The zero-order chi connectivity index (χ0) is 15.2. The second-order valence-electron chi connectivity index (χ2n) is 4.79. The van der Waals surface area contributed by atoms with Crippen LogP contribution >= 0.6 is 0 Å². The second-order valence-corrected chi connectivity index (χ2v) is 4.79. The molecule has 0 saturated carbocycles. The van der Waals surface area contributed by atoms with Crippen molar-refractivity contribution in [3.63, 3.8) is 0 Å². The maximum absolute atomic E-state index is 5.16.